The van der Waals surface area contributed by atoms with Gasteiger partial charge in [0.1, 0.15) is 0 Å². The second-order valence-corrected chi connectivity index (χ2v) is 13.0. The van der Waals surface area contributed by atoms with Gasteiger partial charge in [-0.15, -0.1) is 0 Å². The van der Waals surface area contributed by atoms with Crippen LogP contribution >= 0.6 is 0 Å². The number of carbonyl (C=O) groups excluding carboxylic acids is 1. The van der Waals surface area contributed by atoms with Crippen molar-refractivity contribution in [1.82, 2.24) is 4.90 Å². The molecule has 0 spiro atoms. The molecule has 1 atom stereocenters. The van der Waals surface area contributed by atoms with E-state index < -0.39 is 5.97 Å². The van der Waals surface area contributed by atoms with Crippen molar-refractivity contribution >= 4 is 5.97 Å². The summed E-state index contributed by atoms with van der Waals surface area (Å²) in [5, 5.41) is 11.0. The fourth-order valence-electron chi connectivity index (χ4n) is 6.08. The molecule has 0 bridgehead atoms. The molecule has 4 heteroatoms. The molecule has 0 aliphatic carbocycles. The number of carboxylic acid groups (broad SMARTS) is 1. The molecule has 1 unspecified atom stereocenters. The Hall–Kier alpha value is 0.0274. The minimum atomic E-state index is -0.903. The molecular weight excluding hydrogens is 497 g/mol. The molecule has 0 aromatic heterocycles. The third-order valence-electron chi connectivity index (χ3n) is 8.99. The van der Waals surface area contributed by atoms with Crippen molar-refractivity contribution in [3.63, 3.8) is 0 Å². The number of aliphatic carboxylic acids is 1. The van der Waals surface area contributed by atoms with Gasteiger partial charge in [-0.25, -0.2) is 0 Å². The van der Waals surface area contributed by atoms with Gasteiger partial charge in [0, 0.05) is 12.0 Å². The normalized spacial score (nSPS) is 12.1. The zero-order valence-electron chi connectivity index (χ0n) is 29.0. The third-order valence-corrected chi connectivity index (χ3v) is 8.99. The van der Waals surface area contributed by atoms with Crippen molar-refractivity contribution in [3.05, 3.63) is 0 Å². The predicted octanol–water partition coefficient (Wildman–Crippen LogP) is 8.17. The van der Waals surface area contributed by atoms with Crippen LogP contribution in [0.2, 0.25) is 0 Å². The number of nitrogens with zero attached hydrogens (tertiary/aromatic N) is 1. The van der Waals surface area contributed by atoms with Gasteiger partial charge in [-0.2, -0.15) is 0 Å². The van der Waals surface area contributed by atoms with Crippen molar-refractivity contribution in [2.24, 2.45) is 0 Å². The average molecular weight is 572 g/mol. The van der Waals surface area contributed by atoms with Crippen LogP contribution in [-0.2, 0) is 4.79 Å². The van der Waals surface area contributed by atoms with Crippen molar-refractivity contribution in [2.75, 3.05) is 13.1 Å². The maximum Gasteiger partial charge on any atom is 1.00 e. The van der Waals surface area contributed by atoms with Crippen LogP contribution in [0.1, 0.15) is 213 Å². The molecule has 0 amide bonds. The van der Waals surface area contributed by atoms with E-state index in [1.807, 2.05) is 0 Å². The topological polar surface area (TPSA) is 43.4 Å². The Labute approximate surface area is 271 Å². The second kappa shape index (κ2) is 36.2. The summed E-state index contributed by atoms with van der Waals surface area (Å²) in [5.74, 6) is -0.903. The van der Waals surface area contributed by atoms with Crippen LogP contribution in [0.25, 0.3) is 0 Å². The average Bonchev–Trinajstić information content (AvgIpc) is 2.95. The summed E-state index contributed by atoms with van der Waals surface area (Å²) in [6.45, 7) is 9.06. The molecule has 0 aliphatic heterocycles. The molecule has 0 rings (SSSR count). The number of unbranched alkanes of at least 4 members (excludes halogenated alkanes) is 26. The van der Waals surface area contributed by atoms with Crippen molar-refractivity contribution in [2.45, 2.75) is 219 Å². The summed E-state index contributed by atoms with van der Waals surface area (Å²) in [7, 11) is 0. The van der Waals surface area contributed by atoms with Gasteiger partial charge >= 0.3 is 18.9 Å². The van der Waals surface area contributed by atoms with Crippen molar-refractivity contribution in [3.8, 4) is 0 Å². The van der Waals surface area contributed by atoms with Gasteiger partial charge in [0.05, 0.1) is 0 Å². The second-order valence-electron chi connectivity index (χ2n) is 13.0. The standard InChI is InChI=1S/C37H75NO2.Li/c1-4-6-8-10-12-14-16-18-20-22-24-26-28-30-34-38(36(3)32-33-37(39)40)35-31-29-27-25-23-21-19-17-15-13-11-9-7-5-2;/h36H,4-35H2,1-3H3,(H,39,40);/q;+1/p-1. The summed E-state index contributed by atoms with van der Waals surface area (Å²) in [4.78, 5) is 13.6. The Kier molecular flexibility index (Phi) is 38.1. The zero-order chi connectivity index (χ0) is 29.4. The molecular formula is C37H74LiNO2. The summed E-state index contributed by atoms with van der Waals surface area (Å²) in [5.41, 5.74) is 0. The van der Waals surface area contributed by atoms with Crippen molar-refractivity contribution < 1.29 is 28.8 Å². The predicted molar refractivity (Wildman–Crippen MR) is 176 cm³/mol. The van der Waals surface area contributed by atoms with Gasteiger partial charge in [-0.05, 0) is 45.7 Å². The maximum atomic E-state index is 11.0. The van der Waals surface area contributed by atoms with Gasteiger partial charge < -0.3 is 14.8 Å². The van der Waals surface area contributed by atoms with E-state index >= 15 is 0 Å². The van der Waals surface area contributed by atoms with E-state index in [0.29, 0.717) is 6.04 Å². The van der Waals surface area contributed by atoms with Crippen LogP contribution in [0.4, 0.5) is 0 Å². The SMILES string of the molecule is CCCCCCCCCCCCCCCCN(CCCCCCCCCCCCCCCC)C(C)CCC(=O)[O-].[Li+]. The molecule has 0 aromatic rings. The Balaban J connectivity index is 0. The Morgan fingerprint density at radius 3 is 0.976 bits per heavy atom. The maximum absolute atomic E-state index is 11.0. The van der Waals surface area contributed by atoms with Crippen LogP contribution in [-0.4, -0.2) is 30.0 Å². The fraction of sp³-hybridized carbons (Fsp3) is 0.973. The molecule has 0 saturated carbocycles. The molecule has 0 aliphatic rings. The third kappa shape index (κ3) is 34.4. The number of carboxylic acids is 1. The smallest absolute Gasteiger partial charge is 0.550 e. The first kappa shape index (κ1) is 43.2. The van der Waals surface area contributed by atoms with E-state index in [1.54, 1.807) is 0 Å². The van der Waals surface area contributed by atoms with Crippen LogP contribution in [0.3, 0.4) is 0 Å². The van der Waals surface area contributed by atoms with Crippen LogP contribution in [0.5, 0.6) is 0 Å². The Morgan fingerprint density at radius 2 is 0.732 bits per heavy atom. The molecule has 0 saturated heterocycles. The van der Waals surface area contributed by atoms with E-state index in [2.05, 4.69) is 25.7 Å². The van der Waals surface area contributed by atoms with Gasteiger partial charge in [0.15, 0.2) is 0 Å². The molecule has 240 valence electrons. The summed E-state index contributed by atoms with van der Waals surface area (Å²) in [6.07, 6.45) is 39.9. The van der Waals surface area contributed by atoms with Gasteiger partial charge in [-0.1, -0.05) is 181 Å². The molecule has 0 N–H and O–H groups in total. The summed E-state index contributed by atoms with van der Waals surface area (Å²) < 4.78 is 0. The fourth-order valence-corrected chi connectivity index (χ4v) is 6.08. The van der Waals surface area contributed by atoms with Gasteiger partial charge in [0.25, 0.3) is 0 Å². The molecule has 3 nitrogen and oxygen atoms in total. The summed E-state index contributed by atoms with van der Waals surface area (Å²) in [6, 6.07) is 0.349. The number of hydrogen-bond acceptors (Lipinski definition) is 3. The number of rotatable bonds is 34. The Bertz CT molecular complexity index is 469. The van der Waals surface area contributed by atoms with E-state index in [9.17, 15) is 9.90 Å². The van der Waals surface area contributed by atoms with Gasteiger partial charge in [-0.3, -0.25) is 0 Å². The zero-order valence-corrected chi connectivity index (χ0v) is 29.0. The first-order valence-corrected chi connectivity index (χ1v) is 18.6. The van der Waals surface area contributed by atoms with Crippen LogP contribution < -0.4 is 24.0 Å². The molecule has 0 fully saturated rings. The molecule has 41 heavy (non-hydrogen) atoms. The Morgan fingerprint density at radius 1 is 0.488 bits per heavy atom. The molecule has 0 aromatic carbocycles. The molecule has 0 radical (unpaired) electrons. The van der Waals surface area contributed by atoms with Crippen LogP contribution in [0, 0.1) is 0 Å². The number of hydrogen-bond donors (Lipinski definition) is 0. The number of carbonyl (C=O) groups is 1. The largest absolute Gasteiger partial charge is 1.00 e. The van der Waals surface area contributed by atoms with E-state index in [1.165, 1.54) is 180 Å². The quantitative estimate of drug-likeness (QED) is 0.0578. The summed E-state index contributed by atoms with van der Waals surface area (Å²) >= 11 is 0. The van der Waals surface area contributed by atoms with E-state index in [4.69, 9.17) is 0 Å². The monoisotopic (exact) mass is 572 g/mol. The first-order chi connectivity index (χ1) is 19.6. The van der Waals surface area contributed by atoms with Gasteiger partial charge in [0.2, 0.25) is 0 Å². The van der Waals surface area contributed by atoms with E-state index in [0.717, 1.165) is 19.5 Å². The van der Waals surface area contributed by atoms with Crippen molar-refractivity contribution in [1.29, 1.82) is 0 Å². The molecule has 0 heterocycles. The minimum absolute atomic E-state index is 0. The first-order valence-electron chi connectivity index (χ1n) is 18.6. The van der Waals surface area contributed by atoms with Crippen LogP contribution in [0.15, 0.2) is 0 Å². The minimum Gasteiger partial charge on any atom is -0.550 e. The van der Waals surface area contributed by atoms with E-state index in [-0.39, 0.29) is 25.3 Å².